The van der Waals surface area contributed by atoms with E-state index in [0.29, 0.717) is 13.2 Å². The molecule has 2 aromatic carbocycles. The molecule has 190 valence electrons. The first-order valence-corrected chi connectivity index (χ1v) is 13.8. The zero-order valence-electron chi connectivity index (χ0n) is 22.3. The van der Waals surface area contributed by atoms with Crippen LogP contribution in [0.4, 0.5) is 0 Å². The summed E-state index contributed by atoms with van der Waals surface area (Å²) in [5.41, 5.74) is 2.96. The van der Waals surface area contributed by atoms with Gasteiger partial charge >= 0.3 is 0 Å². The molecular weight excluding hydrogens is 428 g/mol. The molecule has 4 rings (SSSR count). The van der Waals surface area contributed by atoms with Crippen molar-refractivity contribution in [1.82, 2.24) is 0 Å². The van der Waals surface area contributed by atoms with Crippen molar-refractivity contribution in [2.24, 2.45) is 11.8 Å². The zero-order chi connectivity index (χ0) is 24.9. The van der Waals surface area contributed by atoms with Crippen molar-refractivity contribution in [2.45, 2.75) is 84.0 Å². The fourth-order valence-corrected chi connectivity index (χ4v) is 5.25. The van der Waals surface area contributed by atoms with E-state index in [0.717, 1.165) is 35.2 Å². The van der Waals surface area contributed by atoms with Gasteiger partial charge in [-0.15, -0.1) is 0 Å². The predicted octanol–water partition coefficient (Wildman–Crippen LogP) is 9.48. The summed E-state index contributed by atoms with van der Waals surface area (Å²) in [4.78, 5) is 0. The van der Waals surface area contributed by atoms with Crippen LogP contribution in [0.3, 0.4) is 0 Å². The summed E-state index contributed by atoms with van der Waals surface area (Å²) in [6, 6.07) is 17.3. The van der Waals surface area contributed by atoms with Gasteiger partial charge in [0.05, 0.1) is 0 Å². The number of hydrogen-bond donors (Lipinski definition) is 0. The van der Waals surface area contributed by atoms with E-state index in [1.54, 1.807) is 6.08 Å². The highest BCUT2D eigenvalue weighted by atomic mass is 16.5. The van der Waals surface area contributed by atoms with E-state index in [9.17, 15) is 0 Å². The summed E-state index contributed by atoms with van der Waals surface area (Å²) in [7, 11) is 0. The molecule has 2 heteroatoms. The summed E-state index contributed by atoms with van der Waals surface area (Å²) < 4.78 is 11.1. The second kappa shape index (κ2) is 14.8. The fourth-order valence-electron chi connectivity index (χ4n) is 5.25. The third-order valence-electron chi connectivity index (χ3n) is 7.68. The SMILES string of the molecule is C/C=C/COc1ccc(C2CCC(C)CC2)cc1.C=CCOc1ccc(C2CCC(C)CC2)cc1. The van der Waals surface area contributed by atoms with Crippen molar-refractivity contribution in [3.63, 3.8) is 0 Å². The molecule has 35 heavy (non-hydrogen) atoms. The van der Waals surface area contributed by atoms with E-state index in [1.807, 2.05) is 19.1 Å². The zero-order valence-corrected chi connectivity index (χ0v) is 22.3. The van der Waals surface area contributed by atoms with Gasteiger partial charge in [0.2, 0.25) is 0 Å². The lowest BCUT2D eigenvalue weighted by Gasteiger charge is -2.26. The number of ether oxygens (including phenoxy) is 2. The third-order valence-corrected chi connectivity index (χ3v) is 7.68. The largest absolute Gasteiger partial charge is 0.490 e. The molecule has 2 aromatic rings. The second-order valence-electron chi connectivity index (χ2n) is 10.5. The Bertz CT molecular complexity index is 864. The van der Waals surface area contributed by atoms with Crippen molar-refractivity contribution < 1.29 is 9.47 Å². The van der Waals surface area contributed by atoms with Crippen molar-refractivity contribution in [3.8, 4) is 11.5 Å². The summed E-state index contributed by atoms with van der Waals surface area (Å²) in [6.07, 6.45) is 16.7. The van der Waals surface area contributed by atoms with Gasteiger partial charge in [0.15, 0.2) is 0 Å². The van der Waals surface area contributed by atoms with Crippen LogP contribution < -0.4 is 9.47 Å². The molecule has 0 heterocycles. The van der Waals surface area contributed by atoms with E-state index in [1.165, 1.54) is 62.5 Å². The molecule has 2 aliphatic rings. The van der Waals surface area contributed by atoms with E-state index in [4.69, 9.17) is 9.47 Å². The molecular formula is C33H46O2. The number of rotatable bonds is 8. The van der Waals surface area contributed by atoms with Gasteiger partial charge in [-0.05, 0) is 91.7 Å². The van der Waals surface area contributed by atoms with Crippen molar-refractivity contribution >= 4 is 0 Å². The molecule has 0 unspecified atom stereocenters. The van der Waals surface area contributed by atoms with Crippen LogP contribution in [0.15, 0.2) is 73.3 Å². The molecule has 0 bridgehead atoms. The summed E-state index contributed by atoms with van der Waals surface area (Å²) in [5.74, 6) is 5.29. The molecule has 2 fully saturated rings. The van der Waals surface area contributed by atoms with Crippen LogP contribution >= 0.6 is 0 Å². The topological polar surface area (TPSA) is 18.5 Å². The highest BCUT2D eigenvalue weighted by Crippen LogP contribution is 2.37. The minimum atomic E-state index is 0.584. The van der Waals surface area contributed by atoms with Crippen LogP contribution in [0.25, 0.3) is 0 Å². The van der Waals surface area contributed by atoms with Gasteiger partial charge in [-0.1, -0.05) is 88.6 Å². The summed E-state index contributed by atoms with van der Waals surface area (Å²) >= 11 is 0. The second-order valence-corrected chi connectivity index (χ2v) is 10.5. The lowest BCUT2D eigenvalue weighted by atomic mass is 9.79. The standard InChI is InChI=1S/C17H24O.C16H22O/c1-3-4-13-18-17-11-9-16(10-12-17)15-7-5-14(2)6-8-15;1-3-12-17-16-10-8-15(9-11-16)14-6-4-13(2)5-7-14/h3-4,9-12,14-15H,5-8,13H2,1-2H3;3,8-11,13-14H,1,4-7,12H2,2H3/b4-3+;. The molecule has 0 N–H and O–H groups in total. The minimum Gasteiger partial charge on any atom is -0.490 e. The number of benzene rings is 2. The first kappa shape index (κ1) is 27.1. The Balaban J connectivity index is 0.000000196. The number of hydrogen-bond acceptors (Lipinski definition) is 2. The first-order valence-electron chi connectivity index (χ1n) is 13.8. The quantitative estimate of drug-likeness (QED) is 0.355. The van der Waals surface area contributed by atoms with Gasteiger partial charge in [0.1, 0.15) is 24.7 Å². The summed E-state index contributed by atoms with van der Waals surface area (Å²) in [5, 5.41) is 0. The Labute approximate surface area is 214 Å². The fraction of sp³-hybridized carbons (Fsp3) is 0.515. The molecule has 2 saturated carbocycles. The molecule has 0 atom stereocenters. The van der Waals surface area contributed by atoms with Crippen molar-refractivity contribution in [3.05, 3.63) is 84.5 Å². The molecule has 0 amide bonds. The Kier molecular flexibility index (Phi) is 11.5. The van der Waals surface area contributed by atoms with Crippen LogP contribution in [-0.4, -0.2) is 13.2 Å². The molecule has 0 spiro atoms. The maximum absolute atomic E-state index is 5.62. The smallest absolute Gasteiger partial charge is 0.119 e. The molecule has 0 aliphatic heterocycles. The Morgan fingerprint density at radius 2 is 1.06 bits per heavy atom. The van der Waals surface area contributed by atoms with Crippen molar-refractivity contribution in [1.29, 1.82) is 0 Å². The minimum absolute atomic E-state index is 0.584. The maximum atomic E-state index is 5.62. The van der Waals surface area contributed by atoms with E-state index in [-0.39, 0.29) is 0 Å². The highest BCUT2D eigenvalue weighted by Gasteiger charge is 2.20. The Hall–Kier alpha value is -2.48. The average molecular weight is 475 g/mol. The monoisotopic (exact) mass is 474 g/mol. The normalized spacial score (nSPS) is 24.3. The maximum Gasteiger partial charge on any atom is 0.119 e. The van der Waals surface area contributed by atoms with Crippen LogP contribution in [0, 0.1) is 11.8 Å². The lowest BCUT2D eigenvalue weighted by molar-refractivity contribution is 0.346. The van der Waals surface area contributed by atoms with Crippen LogP contribution in [0.5, 0.6) is 11.5 Å². The van der Waals surface area contributed by atoms with Crippen LogP contribution in [0.1, 0.15) is 95.1 Å². The van der Waals surface area contributed by atoms with Gasteiger partial charge in [0, 0.05) is 0 Å². The van der Waals surface area contributed by atoms with Gasteiger partial charge in [0.25, 0.3) is 0 Å². The average Bonchev–Trinajstić information content (AvgIpc) is 2.90. The van der Waals surface area contributed by atoms with Crippen LogP contribution in [0.2, 0.25) is 0 Å². The predicted molar refractivity (Wildman–Crippen MR) is 150 cm³/mol. The van der Waals surface area contributed by atoms with Gasteiger partial charge in [-0.2, -0.15) is 0 Å². The van der Waals surface area contributed by atoms with E-state index < -0.39 is 0 Å². The van der Waals surface area contributed by atoms with Gasteiger partial charge in [-0.25, -0.2) is 0 Å². The Morgan fingerprint density at radius 1 is 0.657 bits per heavy atom. The first-order chi connectivity index (χ1) is 17.1. The molecule has 0 radical (unpaired) electrons. The molecule has 2 aliphatic carbocycles. The molecule has 0 aromatic heterocycles. The van der Waals surface area contributed by atoms with E-state index in [2.05, 4.69) is 69.0 Å². The van der Waals surface area contributed by atoms with Crippen molar-refractivity contribution in [2.75, 3.05) is 13.2 Å². The van der Waals surface area contributed by atoms with Crippen LogP contribution in [-0.2, 0) is 0 Å². The molecule has 0 saturated heterocycles. The summed E-state index contributed by atoms with van der Waals surface area (Å²) in [6.45, 7) is 11.6. The van der Waals surface area contributed by atoms with Gasteiger partial charge in [-0.3, -0.25) is 0 Å². The third kappa shape index (κ3) is 9.24. The van der Waals surface area contributed by atoms with Gasteiger partial charge < -0.3 is 9.47 Å². The number of allylic oxidation sites excluding steroid dienone is 1. The molecule has 2 nitrogen and oxygen atoms in total. The lowest BCUT2D eigenvalue weighted by Crippen LogP contribution is -2.10. The van der Waals surface area contributed by atoms with E-state index >= 15 is 0 Å². The highest BCUT2D eigenvalue weighted by molar-refractivity contribution is 5.30. The Morgan fingerprint density at radius 3 is 1.43 bits per heavy atom.